The van der Waals surface area contributed by atoms with E-state index in [1.54, 1.807) is 0 Å². The highest BCUT2D eigenvalue weighted by Gasteiger charge is 2.22. The molecule has 0 fully saturated rings. The monoisotopic (exact) mass is 1370 g/mol. The summed E-state index contributed by atoms with van der Waals surface area (Å²) in [6, 6.07) is 0. The standard InChI is InChI=1S/C86H162NO8P/c1-6-8-10-12-14-16-18-20-22-24-26-28-30-32-34-36-38-39-40-41-42-43-44-45-46-47-49-51-53-55-57-59-61-63-65-67-69-71-73-75-77-79-86(89)95-84(83-94-96(90,91)93-81-80-87(3,4)5)82-92-85(88)78-76-74-72-70-68-66-64-62-60-58-56-54-52-50-48-37-35-33-31-29-27-25-23-21-19-17-15-13-11-9-7-2/h8,10,14,16,20,22,25-28,84H,6-7,9,11-13,15,17-19,21,23-24,29-83H2,1-5H3/b10-8-,16-14-,22-20-,27-25-,28-26-. The van der Waals surface area contributed by atoms with Gasteiger partial charge in [0.25, 0.3) is 7.82 Å². The molecule has 10 heteroatoms. The molecule has 2 unspecified atom stereocenters. The number of phosphoric ester groups is 1. The van der Waals surface area contributed by atoms with Crippen LogP contribution in [0.2, 0.25) is 0 Å². The van der Waals surface area contributed by atoms with E-state index in [0.717, 1.165) is 57.8 Å². The predicted octanol–water partition coefficient (Wildman–Crippen LogP) is 27.4. The van der Waals surface area contributed by atoms with Gasteiger partial charge >= 0.3 is 11.9 Å². The van der Waals surface area contributed by atoms with Crippen molar-refractivity contribution in [1.82, 2.24) is 0 Å². The van der Waals surface area contributed by atoms with Crippen molar-refractivity contribution in [1.29, 1.82) is 0 Å². The Hall–Kier alpha value is -2.29. The third-order valence-electron chi connectivity index (χ3n) is 19.0. The fourth-order valence-corrected chi connectivity index (χ4v) is 13.4. The van der Waals surface area contributed by atoms with E-state index < -0.39 is 26.5 Å². The van der Waals surface area contributed by atoms with Gasteiger partial charge < -0.3 is 27.9 Å². The molecule has 0 saturated heterocycles. The average Bonchev–Trinajstić information content (AvgIpc) is 2.54. The number of unbranched alkanes of at least 4 members (excludes halogenated alkanes) is 55. The first-order valence-electron chi connectivity index (χ1n) is 42.0. The number of carbonyl (C=O) groups is 2. The maximum Gasteiger partial charge on any atom is 0.306 e. The molecule has 0 aromatic heterocycles. The Morgan fingerprint density at radius 2 is 0.594 bits per heavy atom. The van der Waals surface area contributed by atoms with E-state index >= 15 is 0 Å². The van der Waals surface area contributed by atoms with Crippen LogP contribution < -0.4 is 4.89 Å². The molecule has 0 aliphatic carbocycles. The van der Waals surface area contributed by atoms with E-state index in [2.05, 4.69) is 74.6 Å². The normalized spacial score (nSPS) is 13.3. The number of phosphoric acid groups is 1. The third-order valence-corrected chi connectivity index (χ3v) is 20.0. The van der Waals surface area contributed by atoms with Gasteiger partial charge in [-0.3, -0.25) is 14.2 Å². The molecule has 0 aromatic rings. The van der Waals surface area contributed by atoms with Gasteiger partial charge in [-0.1, -0.05) is 396 Å². The maximum atomic E-state index is 12.9. The lowest BCUT2D eigenvalue weighted by atomic mass is 10.0. The van der Waals surface area contributed by atoms with Crippen molar-refractivity contribution in [2.24, 2.45) is 0 Å². The molecule has 0 amide bonds. The quantitative estimate of drug-likeness (QED) is 0.0195. The minimum absolute atomic E-state index is 0.0277. The first-order valence-corrected chi connectivity index (χ1v) is 43.5. The SMILES string of the molecule is CC/C=C\C/C=C\C/C=C\C/C=C\CCCCCCCCCCCCCCCCCCCCCCCCCCCCCCC(=O)OC(COC(=O)CCCCCCCCCCCCCCCCCCCCC/C=C\CCCCCCCCCC)COP(=O)([O-])OCC[N+](C)(C)C. The molecule has 0 bridgehead atoms. The molecule has 0 radical (unpaired) electrons. The zero-order chi connectivity index (χ0) is 69.7. The van der Waals surface area contributed by atoms with Gasteiger partial charge in [0.2, 0.25) is 0 Å². The van der Waals surface area contributed by atoms with Crippen molar-refractivity contribution in [3.05, 3.63) is 60.8 Å². The van der Waals surface area contributed by atoms with E-state index in [-0.39, 0.29) is 32.0 Å². The molecular weight excluding hydrogens is 1210 g/mol. The molecule has 0 aliphatic heterocycles. The lowest BCUT2D eigenvalue weighted by molar-refractivity contribution is -0.870. The molecule has 564 valence electrons. The topological polar surface area (TPSA) is 111 Å². The highest BCUT2D eigenvalue weighted by Crippen LogP contribution is 2.38. The van der Waals surface area contributed by atoms with Crippen LogP contribution in [0.25, 0.3) is 0 Å². The van der Waals surface area contributed by atoms with Gasteiger partial charge in [-0.25, -0.2) is 0 Å². The first kappa shape index (κ1) is 93.7. The van der Waals surface area contributed by atoms with Crippen molar-refractivity contribution in [3.8, 4) is 0 Å². The number of hydrogen-bond donors (Lipinski definition) is 0. The summed E-state index contributed by atoms with van der Waals surface area (Å²) in [5.41, 5.74) is 0. The number of nitrogens with zero attached hydrogens (tertiary/aromatic N) is 1. The molecule has 0 rings (SSSR count). The fraction of sp³-hybridized carbons (Fsp3) is 0.860. The van der Waals surface area contributed by atoms with Crippen molar-refractivity contribution in [2.75, 3.05) is 47.5 Å². The fourth-order valence-electron chi connectivity index (χ4n) is 12.7. The molecule has 9 nitrogen and oxygen atoms in total. The van der Waals surface area contributed by atoms with Gasteiger partial charge in [0, 0.05) is 12.8 Å². The molecular formula is C86H162NO8P. The number of rotatable bonds is 79. The lowest BCUT2D eigenvalue weighted by Crippen LogP contribution is -2.37. The van der Waals surface area contributed by atoms with E-state index in [1.165, 1.54) is 334 Å². The van der Waals surface area contributed by atoms with Crippen LogP contribution in [0.3, 0.4) is 0 Å². The summed E-state index contributed by atoms with van der Waals surface area (Å²) >= 11 is 0. The van der Waals surface area contributed by atoms with Crippen LogP contribution in [0.5, 0.6) is 0 Å². The number of allylic oxidation sites excluding steroid dienone is 10. The number of esters is 2. The summed E-state index contributed by atoms with van der Waals surface area (Å²) in [5, 5.41) is 0. The van der Waals surface area contributed by atoms with Crippen molar-refractivity contribution in [2.45, 2.75) is 431 Å². The smallest absolute Gasteiger partial charge is 0.306 e. The van der Waals surface area contributed by atoms with Crippen LogP contribution >= 0.6 is 7.82 Å². The zero-order valence-corrected chi connectivity index (χ0v) is 65.5. The highest BCUT2D eigenvalue weighted by molar-refractivity contribution is 7.45. The Bertz CT molecular complexity index is 1800. The van der Waals surface area contributed by atoms with Gasteiger partial charge in [-0.05, 0) is 77.0 Å². The van der Waals surface area contributed by atoms with Crippen LogP contribution in [0.4, 0.5) is 0 Å². The van der Waals surface area contributed by atoms with Crippen LogP contribution in [0.1, 0.15) is 425 Å². The van der Waals surface area contributed by atoms with Gasteiger partial charge in [0.1, 0.15) is 19.8 Å². The second kappa shape index (κ2) is 76.9. The zero-order valence-electron chi connectivity index (χ0n) is 64.6. The molecule has 0 spiro atoms. The van der Waals surface area contributed by atoms with Crippen LogP contribution in [-0.2, 0) is 32.7 Å². The Morgan fingerprint density at radius 3 is 0.896 bits per heavy atom. The van der Waals surface area contributed by atoms with Gasteiger partial charge in [-0.2, -0.15) is 0 Å². The van der Waals surface area contributed by atoms with Crippen LogP contribution in [-0.4, -0.2) is 70.0 Å². The average molecular weight is 1370 g/mol. The van der Waals surface area contributed by atoms with E-state index in [0.29, 0.717) is 17.4 Å². The molecule has 0 aliphatic rings. The number of hydrogen-bond acceptors (Lipinski definition) is 8. The van der Waals surface area contributed by atoms with Gasteiger partial charge in [-0.15, -0.1) is 0 Å². The van der Waals surface area contributed by atoms with Gasteiger partial charge in [0.05, 0.1) is 27.7 Å². The van der Waals surface area contributed by atoms with Gasteiger partial charge in [0.15, 0.2) is 6.10 Å². The largest absolute Gasteiger partial charge is 0.756 e. The maximum absolute atomic E-state index is 12.9. The molecule has 0 saturated carbocycles. The second-order valence-corrected chi connectivity index (χ2v) is 31.2. The summed E-state index contributed by atoms with van der Waals surface area (Å²) in [6.45, 7) is 4.21. The minimum atomic E-state index is -4.64. The lowest BCUT2D eigenvalue weighted by Gasteiger charge is -2.28. The molecule has 2 atom stereocenters. The summed E-state index contributed by atoms with van der Waals surface area (Å²) in [7, 11) is 1.19. The molecule has 0 aromatic carbocycles. The number of carbonyl (C=O) groups excluding carboxylic acids is 2. The van der Waals surface area contributed by atoms with Crippen molar-refractivity contribution in [3.63, 3.8) is 0 Å². The number of ether oxygens (including phenoxy) is 2. The Balaban J connectivity index is 3.87. The first-order chi connectivity index (χ1) is 47.0. The number of quaternary nitrogens is 1. The van der Waals surface area contributed by atoms with Crippen molar-refractivity contribution < 1.29 is 42.1 Å². The van der Waals surface area contributed by atoms with Crippen LogP contribution in [0, 0.1) is 0 Å². The molecule has 96 heavy (non-hydrogen) atoms. The highest BCUT2D eigenvalue weighted by atomic mass is 31.2. The molecule has 0 N–H and O–H groups in total. The Labute approximate surface area is 597 Å². The second-order valence-electron chi connectivity index (χ2n) is 29.8. The summed E-state index contributed by atoms with van der Waals surface area (Å²) in [6.07, 6.45) is 104. The van der Waals surface area contributed by atoms with Crippen molar-refractivity contribution >= 4 is 19.8 Å². The van der Waals surface area contributed by atoms with E-state index in [1.807, 2.05) is 21.1 Å². The predicted molar refractivity (Wildman–Crippen MR) is 416 cm³/mol. The summed E-state index contributed by atoms with van der Waals surface area (Å²) in [4.78, 5) is 38.2. The number of likely N-dealkylation sites (N-methyl/N-ethyl adjacent to an activating group) is 1. The van der Waals surface area contributed by atoms with Crippen LogP contribution in [0.15, 0.2) is 60.8 Å². The minimum Gasteiger partial charge on any atom is -0.756 e. The summed E-state index contributed by atoms with van der Waals surface area (Å²) < 4.78 is 34.5. The Morgan fingerprint density at radius 1 is 0.333 bits per heavy atom. The van der Waals surface area contributed by atoms with E-state index in [4.69, 9.17) is 18.5 Å². The van der Waals surface area contributed by atoms with E-state index in [9.17, 15) is 19.0 Å². The third kappa shape index (κ3) is 80.7. The summed E-state index contributed by atoms with van der Waals surface area (Å²) in [5.74, 6) is -0.807. The Kier molecular flexibility index (Phi) is 75.0. The molecule has 0 heterocycles.